The Hall–Kier alpha value is -3.61. The maximum Gasteiger partial charge on any atom is 0.163 e. The van der Waals surface area contributed by atoms with E-state index in [4.69, 9.17) is 11.7 Å². The second-order valence-electron chi connectivity index (χ2n) is 6.00. The van der Waals surface area contributed by atoms with E-state index in [-0.39, 0.29) is 0 Å². The van der Waals surface area contributed by atoms with Gasteiger partial charge in [-0.2, -0.15) is 0 Å². The molecule has 5 nitrogen and oxygen atoms in total. The number of rotatable bonds is 4. The molecule has 0 aliphatic rings. The monoisotopic (exact) mass is 376 g/mol. The van der Waals surface area contributed by atoms with Crippen LogP contribution >= 0.6 is 0 Å². The van der Waals surface area contributed by atoms with Gasteiger partial charge in [0.25, 0.3) is 0 Å². The van der Waals surface area contributed by atoms with E-state index in [2.05, 4.69) is 20.3 Å². The van der Waals surface area contributed by atoms with Crippen LogP contribution in [0.5, 0.6) is 5.75 Å². The van der Waals surface area contributed by atoms with E-state index in [1.54, 1.807) is 30.6 Å². The van der Waals surface area contributed by atoms with Crippen molar-refractivity contribution in [2.45, 2.75) is 0 Å². The zero-order valence-corrected chi connectivity index (χ0v) is 14.8. The Kier molecular flexibility index (Phi) is 4.57. The predicted octanol–water partition coefficient (Wildman–Crippen LogP) is 4.78. The predicted molar refractivity (Wildman–Crippen MR) is 102 cm³/mol. The lowest BCUT2D eigenvalue weighted by Crippen LogP contribution is -2.01. The minimum atomic E-state index is -0.960. The standard InChI is InChI=1S/C21H14F2N4O/c1-12-8-18-15(10-19(12)28-2)21(25-14-5-6-16(22)17(23)9-14)27-20(26-18)13-4-3-7-24-11-13/h1,3-11H,2H3,(H,25,26,27). The summed E-state index contributed by atoms with van der Waals surface area (Å²) in [6, 6.07) is 10.5. The summed E-state index contributed by atoms with van der Waals surface area (Å²) in [5.74, 6) is -0.622. The van der Waals surface area contributed by atoms with E-state index >= 15 is 0 Å². The highest BCUT2D eigenvalue weighted by Crippen LogP contribution is 2.32. The lowest BCUT2D eigenvalue weighted by atomic mass is 10.1. The Morgan fingerprint density at radius 1 is 1.04 bits per heavy atom. The summed E-state index contributed by atoms with van der Waals surface area (Å²) < 4.78 is 32.2. The van der Waals surface area contributed by atoms with Crippen molar-refractivity contribution < 1.29 is 13.5 Å². The van der Waals surface area contributed by atoms with Gasteiger partial charge in [0.1, 0.15) is 11.6 Å². The fourth-order valence-electron chi connectivity index (χ4n) is 2.78. The van der Waals surface area contributed by atoms with Crippen molar-refractivity contribution in [2.75, 3.05) is 12.4 Å². The van der Waals surface area contributed by atoms with Crippen LogP contribution in [-0.2, 0) is 0 Å². The van der Waals surface area contributed by atoms with Crippen molar-refractivity contribution in [1.29, 1.82) is 0 Å². The van der Waals surface area contributed by atoms with Gasteiger partial charge in [-0.15, -0.1) is 0 Å². The van der Waals surface area contributed by atoms with Crippen LogP contribution in [0.2, 0.25) is 0 Å². The van der Waals surface area contributed by atoms with Crippen LogP contribution in [0.3, 0.4) is 0 Å². The van der Waals surface area contributed by atoms with Crippen molar-refractivity contribution >= 4 is 22.4 Å². The van der Waals surface area contributed by atoms with E-state index in [0.29, 0.717) is 45.1 Å². The number of hydrogen-bond donors (Lipinski definition) is 1. The first kappa shape index (κ1) is 17.8. The topological polar surface area (TPSA) is 59.9 Å². The fraction of sp³-hybridized carbons (Fsp3) is 0.0476. The summed E-state index contributed by atoms with van der Waals surface area (Å²) in [5.41, 5.74) is 2.03. The molecule has 4 rings (SSSR count). The van der Waals surface area contributed by atoms with Crippen LogP contribution in [0.15, 0.2) is 54.9 Å². The van der Waals surface area contributed by atoms with Crippen molar-refractivity contribution in [3.8, 4) is 17.1 Å². The van der Waals surface area contributed by atoms with E-state index in [1.807, 2.05) is 6.07 Å². The normalized spacial score (nSPS) is 10.9. The molecule has 2 radical (unpaired) electrons. The molecule has 2 aromatic carbocycles. The Bertz CT molecular complexity index is 1170. The molecule has 0 fully saturated rings. The smallest absolute Gasteiger partial charge is 0.163 e. The second kappa shape index (κ2) is 7.19. The first-order valence-corrected chi connectivity index (χ1v) is 8.33. The molecule has 4 aromatic rings. The molecule has 0 aliphatic carbocycles. The molecular formula is C21H14F2N4O. The van der Waals surface area contributed by atoms with Gasteiger partial charge in [-0.05, 0) is 36.4 Å². The highest BCUT2D eigenvalue weighted by atomic mass is 19.2. The summed E-state index contributed by atoms with van der Waals surface area (Å²) >= 11 is 0. The number of benzene rings is 2. The van der Waals surface area contributed by atoms with E-state index < -0.39 is 11.6 Å². The SMILES string of the molecule is [CH]c1cc2nc(-c3cccnc3)nc(Nc3ccc(F)c(F)c3)c2cc1OC. The minimum absolute atomic E-state index is 0.340. The largest absolute Gasteiger partial charge is 0.496 e. The molecule has 2 heterocycles. The molecule has 1 N–H and O–H groups in total. The molecular weight excluding hydrogens is 362 g/mol. The van der Waals surface area contributed by atoms with Gasteiger partial charge < -0.3 is 10.1 Å². The third kappa shape index (κ3) is 3.34. The molecule has 0 spiro atoms. The first-order chi connectivity index (χ1) is 13.5. The van der Waals surface area contributed by atoms with Gasteiger partial charge in [-0.25, -0.2) is 18.7 Å². The minimum Gasteiger partial charge on any atom is -0.496 e. The van der Waals surface area contributed by atoms with Crippen molar-refractivity contribution in [3.05, 3.63) is 79.0 Å². The number of halogens is 2. The molecule has 7 heteroatoms. The number of nitrogens with zero attached hydrogens (tertiary/aromatic N) is 3. The molecule has 0 unspecified atom stereocenters. The van der Waals surface area contributed by atoms with Crippen LogP contribution in [0.25, 0.3) is 22.3 Å². The van der Waals surface area contributed by atoms with Gasteiger partial charge >= 0.3 is 0 Å². The second-order valence-corrected chi connectivity index (χ2v) is 6.00. The van der Waals surface area contributed by atoms with Gasteiger partial charge in [0.2, 0.25) is 0 Å². The number of ether oxygens (including phenoxy) is 1. The number of hydrogen-bond acceptors (Lipinski definition) is 5. The van der Waals surface area contributed by atoms with Gasteiger partial charge in [0.05, 0.1) is 12.6 Å². The summed E-state index contributed by atoms with van der Waals surface area (Å²) in [6.07, 6.45) is 3.28. The number of nitrogens with one attached hydrogen (secondary N) is 1. The van der Waals surface area contributed by atoms with Crippen LogP contribution in [0.4, 0.5) is 20.3 Å². The molecule has 138 valence electrons. The molecule has 0 aliphatic heterocycles. The summed E-state index contributed by atoms with van der Waals surface area (Å²) in [7, 11) is 1.50. The van der Waals surface area contributed by atoms with Crippen molar-refractivity contribution in [1.82, 2.24) is 15.0 Å². The molecule has 2 aromatic heterocycles. The average Bonchev–Trinajstić information content (AvgIpc) is 2.70. The Morgan fingerprint density at radius 3 is 2.61 bits per heavy atom. The molecule has 0 atom stereocenters. The zero-order valence-electron chi connectivity index (χ0n) is 14.8. The van der Waals surface area contributed by atoms with E-state index in [9.17, 15) is 8.78 Å². The van der Waals surface area contributed by atoms with Crippen LogP contribution in [-0.4, -0.2) is 22.1 Å². The van der Waals surface area contributed by atoms with Crippen molar-refractivity contribution in [3.63, 3.8) is 0 Å². The highest BCUT2D eigenvalue weighted by molar-refractivity contribution is 5.94. The molecule has 0 saturated carbocycles. The fourth-order valence-corrected chi connectivity index (χ4v) is 2.78. The molecule has 0 saturated heterocycles. The van der Waals surface area contributed by atoms with Gasteiger partial charge in [-0.1, -0.05) is 0 Å². The summed E-state index contributed by atoms with van der Waals surface area (Å²) in [6.45, 7) is 6.02. The number of aromatic nitrogens is 3. The number of methoxy groups -OCH3 is 1. The quantitative estimate of drug-likeness (QED) is 0.555. The number of anilines is 2. The van der Waals surface area contributed by atoms with Crippen LogP contribution in [0.1, 0.15) is 5.56 Å². The van der Waals surface area contributed by atoms with Crippen LogP contribution < -0.4 is 10.1 Å². The average molecular weight is 376 g/mol. The summed E-state index contributed by atoms with van der Waals surface area (Å²) in [5, 5.41) is 3.64. The Labute approximate surface area is 160 Å². The van der Waals surface area contributed by atoms with Gasteiger partial charge in [-0.3, -0.25) is 4.98 Å². The maximum atomic E-state index is 13.6. The van der Waals surface area contributed by atoms with Gasteiger partial charge in [0, 0.05) is 47.6 Å². The van der Waals surface area contributed by atoms with E-state index in [1.165, 1.54) is 13.2 Å². The maximum absolute atomic E-state index is 13.6. The van der Waals surface area contributed by atoms with Gasteiger partial charge in [0.15, 0.2) is 17.5 Å². The third-order valence-electron chi connectivity index (χ3n) is 4.15. The van der Waals surface area contributed by atoms with E-state index in [0.717, 1.165) is 12.1 Å². The van der Waals surface area contributed by atoms with Crippen LogP contribution in [0, 0.1) is 18.6 Å². The third-order valence-corrected chi connectivity index (χ3v) is 4.15. The molecule has 0 bridgehead atoms. The zero-order chi connectivity index (χ0) is 19.7. The lowest BCUT2D eigenvalue weighted by molar-refractivity contribution is 0.413. The summed E-state index contributed by atoms with van der Waals surface area (Å²) in [4.78, 5) is 13.2. The molecule has 0 amide bonds. The van der Waals surface area contributed by atoms with Crippen molar-refractivity contribution in [2.24, 2.45) is 0 Å². The lowest BCUT2D eigenvalue weighted by Gasteiger charge is -2.13. The molecule has 28 heavy (non-hydrogen) atoms. The first-order valence-electron chi connectivity index (χ1n) is 8.33. The Balaban J connectivity index is 1.91. The highest BCUT2D eigenvalue weighted by Gasteiger charge is 2.14. The number of fused-ring (bicyclic) bond motifs is 1. The Morgan fingerprint density at radius 2 is 1.89 bits per heavy atom. The number of pyridine rings is 1.